The molecular weight excluding hydrogens is 471 g/mol. The molecule has 0 amide bonds. The van der Waals surface area contributed by atoms with Crippen molar-refractivity contribution in [2.24, 2.45) is 0 Å². The molecule has 0 bridgehead atoms. The topological polar surface area (TPSA) is 54.2 Å². The highest BCUT2D eigenvalue weighted by Crippen LogP contribution is 2.39. The fourth-order valence-electron chi connectivity index (χ4n) is 4.06. The van der Waals surface area contributed by atoms with E-state index in [1.807, 2.05) is 55.1 Å². The average molecular weight is 491 g/mol. The van der Waals surface area contributed by atoms with Crippen LogP contribution in [-0.2, 0) is 0 Å². The normalized spacial score (nSPS) is 16.1. The molecule has 5 nitrogen and oxygen atoms in total. The van der Waals surface area contributed by atoms with Crippen molar-refractivity contribution in [2.75, 3.05) is 4.90 Å². The van der Waals surface area contributed by atoms with Crippen LogP contribution in [-0.4, -0.2) is 15.3 Å². The van der Waals surface area contributed by atoms with Crippen molar-refractivity contribution in [1.29, 1.82) is 0 Å². The van der Waals surface area contributed by atoms with E-state index in [-0.39, 0.29) is 5.82 Å². The van der Waals surface area contributed by atoms with Crippen molar-refractivity contribution < 1.29 is 8.91 Å². The minimum absolute atomic E-state index is 0.313. The molecule has 0 fully saturated rings. The third kappa shape index (κ3) is 4.20. The van der Waals surface area contributed by atoms with Crippen LogP contribution in [0.3, 0.4) is 0 Å². The van der Waals surface area contributed by atoms with Gasteiger partial charge in [-0.2, -0.15) is 4.98 Å². The highest BCUT2D eigenvalue weighted by Gasteiger charge is 2.34. The highest BCUT2D eigenvalue weighted by molar-refractivity contribution is 7.80. The van der Waals surface area contributed by atoms with Crippen molar-refractivity contribution >= 4 is 40.2 Å². The number of nitrogens with one attached hydrogen (secondary N) is 1. The van der Waals surface area contributed by atoms with Gasteiger partial charge in [-0.15, -0.1) is 0 Å². The molecule has 34 heavy (non-hydrogen) atoms. The standard InChI is InChI=1S/C26H20ClFN4OS/c1-15-4-3-5-18(14-15)24-30-25(33-31-24)22-16(2)32(21-12-8-19(27)9-13-21)26(34)29-23(22)17-6-10-20(28)11-7-17/h3-14,23H,1-2H3,(H,29,34). The van der Waals surface area contributed by atoms with Gasteiger partial charge in [-0.3, -0.25) is 4.90 Å². The fourth-order valence-corrected chi connectivity index (χ4v) is 4.55. The summed E-state index contributed by atoms with van der Waals surface area (Å²) in [5, 5.41) is 8.73. The summed E-state index contributed by atoms with van der Waals surface area (Å²) >= 11 is 11.8. The third-order valence-electron chi connectivity index (χ3n) is 5.71. The zero-order valence-electron chi connectivity index (χ0n) is 18.4. The van der Waals surface area contributed by atoms with Gasteiger partial charge in [-0.05, 0) is 74.1 Å². The van der Waals surface area contributed by atoms with Gasteiger partial charge in [0.05, 0.1) is 11.6 Å². The molecular formula is C26H20ClFN4OS. The van der Waals surface area contributed by atoms with E-state index < -0.39 is 6.04 Å². The number of aromatic nitrogens is 2. The number of hydrogen-bond acceptors (Lipinski definition) is 4. The van der Waals surface area contributed by atoms with Gasteiger partial charge < -0.3 is 9.84 Å². The van der Waals surface area contributed by atoms with Gasteiger partial charge in [0.25, 0.3) is 5.89 Å². The quantitative estimate of drug-likeness (QED) is 0.321. The number of hydrogen-bond donors (Lipinski definition) is 1. The summed E-state index contributed by atoms with van der Waals surface area (Å²) in [5.41, 5.74) is 5.20. The van der Waals surface area contributed by atoms with Crippen LogP contribution < -0.4 is 10.2 Å². The van der Waals surface area contributed by atoms with E-state index >= 15 is 0 Å². The van der Waals surface area contributed by atoms with Crippen molar-refractivity contribution in [1.82, 2.24) is 15.5 Å². The minimum Gasteiger partial charge on any atom is -0.351 e. The molecule has 170 valence electrons. The van der Waals surface area contributed by atoms with E-state index in [4.69, 9.17) is 33.3 Å². The van der Waals surface area contributed by atoms with Crippen LogP contribution in [0.1, 0.15) is 30.0 Å². The zero-order valence-corrected chi connectivity index (χ0v) is 20.0. The first kappa shape index (κ1) is 22.3. The number of aryl methyl sites for hydroxylation is 1. The Bertz CT molecular complexity index is 1400. The van der Waals surface area contributed by atoms with Crippen LogP contribution in [0.5, 0.6) is 0 Å². The monoisotopic (exact) mass is 490 g/mol. The average Bonchev–Trinajstić information content (AvgIpc) is 3.30. The largest absolute Gasteiger partial charge is 0.351 e. The summed E-state index contributed by atoms with van der Waals surface area (Å²) in [6, 6.07) is 21.2. The van der Waals surface area contributed by atoms with Crippen molar-refractivity contribution in [2.45, 2.75) is 19.9 Å². The second kappa shape index (κ2) is 9.00. The molecule has 0 radical (unpaired) electrons. The summed E-state index contributed by atoms with van der Waals surface area (Å²) in [5.74, 6) is 0.534. The van der Waals surface area contributed by atoms with Crippen LogP contribution in [0.15, 0.2) is 83.0 Å². The van der Waals surface area contributed by atoms with Gasteiger partial charge >= 0.3 is 0 Å². The maximum atomic E-state index is 13.6. The molecule has 3 aromatic carbocycles. The Morgan fingerprint density at radius 3 is 2.47 bits per heavy atom. The Morgan fingerprint density at radius 1 is 1.03 bits per heavy atom. The molecule has 1 aliphatic heterocycles. The number of halogens is 2. The molecule has 0 aliphatic carbocycles. The van der Waals surface area contributed by atoms with Gasteiger partial charge in [-0.1, -0.05) is 52.7 Å². The van der Waals surface area contributed by atoms with Crippen LogP contribution in [0.4, 0.5) is 10.1 Å². The molecule has 0 spiro atoms. The summed E-state index contributed by atoms with van der Waals surface area (Å²) in [4.78, 5) is 6.62. The number of allylic oxidation sites excluding steroid dienone is 1. The number of rotatable bonds is 4. The highest BCUT2D eigenvalue weighted by atomic mass is 35.5. The first-order valence-corrected chi connectivity index (χ1v) is 11.4. The van der Waals surface area contributed by atoms with E-state index in [0.29, 0.717) is 21.9 Å². The smallest absolute Gasteiger partial charge is 0.258 e. The summed E-state index contributed by atoms with van der Waals surface area (Å²) in [6.45, 7) is 3.96. The Morgan fingerprint density at radius 2 is 1.76 bits per heavy atom. The minimum atomic E-state index is -0.401. The SMILES string of the molecule is CC1=C(c2nc(-c3cccc(C)c3)no2)C(c2ccc(F)cc2)NC(=S)N1c1ccc(Cl)cc1. The maximum absolute atomic E-state index is 13.6. The van der Waals surface area contributed by atoms with E-state index in [1.165, 1.54) is 12.1 Å². The lowest BCUT2D eigenvalue weighted by Gasteiger charge is -2.37. The van der Waals surface area contributed by atoms with Crippen molar-refractivity contribution in [3.8, 4) is 11.4 Å². The Hall–Kier alpha value is -3.55. The van der Waals surface area contributed by atoms with Crippen LogP contribution in [0.2, 0.25) is 5.02 Å². The number of benzene rings is 3. The molecule has 2 heterocycles. The van der Waals surface area contributed by atoms with Gasteiger partial charge in [0, 0.05) is 22.0 Å². The molecule has 0 saturated carbocycles. The maximum Gasteiger partial charge on any atom is 0.258 e. The Balaban J connectivity index is 1.65. The molecule has 5 rings (SSSR count). The second-order valence-electron chi connectivity index (χ2n) is 8.04. The number of thiocarbonyl (C=S) groups is 1. The lowest BCUT2D eigenvalue weighted by molar-refractivity contribution is 0.404. The number of nitrogens with zero attached hydrogens (tertiary/aromatic N) is 3. The molecule has 1 aliphatic rings. The Kier molecular flexibility index (Phi) is 5.89. The van der Waals surface area contributed by atoms with E-state index in [2.05, 4.69) is 10.5 Å². The lowest BCUT2D eigenvalue weighted by atomic mass is 9.94. The van der Waals surface area contributed by atoms with Gasteiger partial charge in [0.15, 0.2) is 5.11 Å². The molecule has 1 atom stereocenters. The van der Waals surface area contributed by atoms with E-state index in [9.17, 15) is 4.39 Å². The lowest BCUT2D eigenvalue weighted by Crippen LogP contribution is -2.46. The molecule has 1 N–H and O–H groups in total. The molecule has 8 heteroatoms. The molecule has 0 saturated heterocycles. The van der Waals surface area contributed by atoms with Crippen molar-refractivity contribution in [3.63, 3.8) is 0 Å². The first-order chi connectivity index (χ1) is 16.4. The summed E-state index contributed by atoms with van der Waals surface area (Å²) in [6.07, 6.45) is 0. The van der Waals surface area contributed by atoms with E-state index in [0.717, 1.165) is 33.6 Å². The summed E-state index contributed by atoms with van der Waals surface area (Å²) < 4.78 is 19.4. The third-order valence-corrected chi connectivity index (χ3v) is 6.26. The second-order valence-corrected chi connectivity index (χ2v) is 8.86. The molecule has 1 aromatic heterocycles. The fraction of sp³-hybridized carbons (Fsp3) is 0.115. The van der Waals surface area contributed by atoms with Gasteiger partial charge in [0.2, 0.25) is 5.82 Å². The predicted molar refractivity (Wildman–Crippen MR) is 136 cm³/mol. The van der Waals surface area contributed by atoms with Crippen molar-refractivity contribution in [3.05, 3.63) is 106 Å². The van der Waals surface area contributed by atoms with Crippen LogP contribution >= 0.6 is 23.8 Å². The predicted octanol–water partition coefficient (Wildman–Crippen LogP) is 6.70. The summed E-state index contributed by atoms with van der Waals surface area (Å²) in [7, 11) is 0. The van der Waals surface area contributed by atoms with E-state index in [1.54, 1.807) is 24.3 Å². The van der Waals surface area contributed by atoms with Gasteiger partial charge in [0.1, 0.15) is 5.82 Å². The first-order valence-electron chi connectivity index (χ1n) is 10.6. The Labute approximate surface area is 206 Å². The van der Waals surface area contributed by atoms with Crippen LogP contribution in [0.25, 0.3) is 17.0 Å². The zero-order chi connectivity index (χ0) is 23.8. The number of anilines is 1. The molecule has 4 aromatic rings. The van der Waals surface area contributed by atoms with Gasteiger partial charge in [-0.25, -0.2) is 4.39 Å². The molecule has 1 unspecified atom stereocenters. The van der Waals surface area contributed by atoms with Crippen LogP contribution in [0, 0.1) is 12.7 Å².